The molecule has 0 radical (unpaired) electrons. The summed E-state index contributed by atoms with van der Waals surface area (Å²) in [4.78, 5) is 40.6. The second-order valence-corrected chi connectivity index (χ2v) is 11.1. The smallest absolute Gasteiger partial charge is 0.247 e. The second kappa shape index (κ2) is 13.4. The molecule has 1 aromatic heterocycles. The lowest BCUT2D eigenvalue weighted by Gasteiger charge is -2.37. The van der Waals surface area contributed by atoms with Crippen LogP contribution < -0.4 is 10.2 Å². The van der Waals surface area contributed by atoms with E-state index in [1.54, 1.807) is 4.90 Å². The quantitative estimate of drug-likeness (QED) is 0.202. The van der Waals surface area contributed by atoms with Crippen LogP contribution in [-0.4, -0.2) is 52.6 Å². The number of thioether (sulfide) groups is 1. The van der Waals surface area contributed by atoms with E-state index in [2.05, 4.69) is 27.4 Å². The number of aromatic nitrogens is 2. The van der Waals surface area contributed by atoms with Gasteiger partial charge < -0.3 is 15.1 Å². The SMILES string of the molecule is Cc1cc(C)nc(SCC(=O)N(Cc2ccccc2)[C@H](C(=O)Nc2ccc(N(C)C)cc2)[C@H]2CC=CCC2)n1. The first kappa shape index (κ1) is 28.4. The third-order valence-corrected chi connectivity index (χ3v) is 7.65. The molecule has 0 unspecified atom stereocenters. The summed E-state index contributed by atoms with van der Waals surface area (Å²) in [6, 6.07) is 18.9. The summed E-state index contributed by atoms with van der Waals surface area (Å²) in [5, 5.41) is 3.68. The Hall–Kier alpha value is -3.65. The molecule has 7 nitrogen and oxygen atoms in total. The Labute approximate surface area is 235 Å². The molecule has 204 valence electrons. The fourth-order valence-corrected chi connectivity index (χ4v) is 5.70. The molecule has 1 aliphatic rings. The Morgan fingerprint density at radius 3 is 2.31 bits per heavy atom. The summed E-state index contributed by atoms with van der Waals surface area (Å²) in [5.41, 5.74) is 4.48. The van der Waals surface area contributed by atoms with Crippen LogP contribution in [0, 0.1) is 19.8 Å². The van der Waals surface area contributed by atoms with Crippen molar-refractivity contribution < 1.29 is 9.59 Å². The summed E-state index contributed by atoms with van der Waals surface area (Å²) < 4.78 is 0. The lowest BCUT2D eigenvalue weighted by Crippen LogP contribution is -2.51. The van der Waals surface area contributed by atoms with Crippen LogP contribution in [0.1, 0.15) is 36.2 Å². The van der Waals surface area contributed by atoms with Crippen LogP contribution in [0.2, 0.25) is 0 Å². The molecule has 1 heterocycles. The van der Waals surface area contributed by atoms with Crippen LogP contribution in [0.5, 0.6) is 0 Å². The van der Waals surface area contributed by atoms with Gasteiger partial charge in [-0.05, 0) is 74.9 Å². The van der Waals surface area contributed by atoms with E-state index in [-0.39, 0.29) is 23.5 Å². The summed E-state index contributed by atoms with van der Waals surface area (Å²) in [6.45, 7) is 4.19. The first-order chi connectivity index (χ1) is 18.8. The molecule has 0 aliphatic heterocycles. The van der Waals surface area contributed by atoms with Crippen molar-refractivity contribution in [3.63, 3.8) is 0 Å². The molecule has 0 saturated carbocycles. The highest BCUT2D eigenvalue weighted by atomic mass is 32.2. The summed E-state index contributed by atoms with van der Waals surface area (Å²) in [6.07, 6.45) is 6.78. The van der Waals surface area contributed by atoms with Crippen molar-refractivity contribution in [2.24, 2.45) is 5.92 Å². The van der Waals surface area contributed by atoms with Crippen molar-refractivity contribution in [3.8, 4) is 0 Å². The van der Waals surface area contributed by atoms with Crippen molar-refractivity contribution in [3.05, 3.63) is 89.8 Å². The van der Waals surface area contributed by atoms with Crippen LogP contribution in [0.25, 0.3) is 0 Å². The van der Waals surface area contributed by atoms with Gasteiger partial charge in [-0.2, -0.15) is 0 Å². The van der Waals surface area contributed by atoms with Crippen molar-refractivity contribution >= 4 is 35.0 Å². The van der Waals surface area contributed by atoms with E-state index in [0.717, 1.165) is 41.9 Å². The highest BCUT2D eigenvalue weighted by molar-refractivity contribution is 7.99. The minimum Gasteiger partial charge on any atom is -0.378 e. The maximum atomic E-state index is 14.0. The Bertz CT molecular complexity index is 1270. The van der Waals surface area contributed by atoms with Crippen molar-refractivity contribution in [2.45, 2.75) is 50.9 Å². The first-order valence-electron chi connectivity index (χ1n) is 13.3. The number of carbonyl (C=O) groups is 2. The fraction of sp³-hybridized carbons (Fsp3) is 0.355. The number of allylic oxidation sites excluding steroid dienone is 2. The zero-order valence-electron chi connectivity index (χ0n) is 23.1. The molecule has 3 aromatic rings. The van der Waals surface area contributed by atoms with Crippen LogP contribution >= 0.6 is 11.8 Å². The average Bonchev–Trinajstić information content (AvgIpc) is 2.92. The van der Waals surface area contributed by atoms with E-state index in [0.29, 0.717) is 17.4 Å². The van der Waals surface area contributed by atoms with Gasteiger partial charge in [0.2, 0.25) is 11.8 Å². The molecule has 2 atom stereocenters. The topological polar surface area (TPSA) is 78.4 Å². The summed E-state index contributed by atoms with van der Waals surface area (Å²) in [5.74, 6) is -0.0974. The lowest BCUT2D eigenvalue weighted by atomic mass is 9.86. The van der Waals surface area contributed by atoms with Gasteiger partial charge in [-0.3, -0.25) is 9.59 Å². The number of hydrogen-bond acceptors (Lipinski definition) is 6. The number of carbonyl (C=O) groups excluding carboxylic acids is 2. The molecule has 2 amide bonds. The lowest BCUT2D eigenvalue weighted by molar-refractivity contribution is -0.139. The standard InChI is InChI=1S/C31H37N5O2S/c1-22-19-23(2)33-31(32-22)39-21-28(37)36(20-24-11-7-5-8-12-24)29(25-13-9-6-10-14-25)30(38)34-26-15-17-27(18-16-26)35(3)4/h5-9,11-12,15-19,25,29H,10,13-14,20-21H2,1-4H3,(H,34,38)/t25-,29-/m0/s1. The Kier molecular flexibility index (Phi) is 9.76. The fourth-order valence-electron chi connectivity index (χ4n) is 4.86. The number of rotatable bonds is 10. The van der Waals surface area contributed by atoms with E-state index in [9.17, 15) is 9.59 Å². The average molecular weight is 544 g/mol. The molecule has 0 saturated heterocycles. The third kappa shape index (κ3) is 7.93. The van der Waals surface area contributed by atoms with Gasteiger partial charge in [0.1, 0.15) is 6.04 Å². The number of hydrogen-bond donors (Lipinski definition) is 1. The molecule has 1 N–H and O–H groups in total. The third-order valence-electron chi connectivity index (χ3n) is 6.81. The Morgan fingerprint density at radius 1 is 1.00 bits per heavy atom. The maximum Gasteiger partial charge on any atom is 0.247 e. The van der Waals surface area contributed by atoms with Crippen molar-refractivity contribution in [1.29, 1.82) is 0 Å². The summed E-state index contributed by atoms with van der Waals surface area (Å²) >= 11 is 1.32. The maximum absolute atomic E-state index is 14.0. The molecular formula is C31H37N5O2S. The Balaban J connectivity index is 1.62. The van der Waals surface area contributed by atoms with E-state index >= 15 is 0 Å². The van der Waals surface area contributed by atoms with Gasteiger partial charge in [-0.15, -0.1) is 0 Å². The van der Waals surface area contributed by atoms with Gasteiger partial charge in [0.15, 0.2) is 5.16 Å². The zero-order valence-corrected chi connectivity index (χ0v) is 23.9. The van der Waals surface area contributed by atoms with Crippen LogP contribution in [0.15, 0.2) is 78.0 Å². The minimum absolute atomic E-state index is 0.0196. The van der Waals surface area contributed by atoms with Gasteiger partial charge >= 0.3 is 0 Å². The van der Waals surface area contributed by atoms with E-state index < -0.39 is 6.04 Å². The molecule has 4 rings (SSSR count). The van der Waals surface area contributed by atoms with Gasteiger partial charge in [-0.25, -0.2) is 9.97 Å². The number of amides is 2. The highest BCUT2D eigenvalue weighted by Crippen LogP contribution is 2.29. The minimum atomic E-state index is -0.614. The predicted octanol–water partition coefficient (Wildman–Crippen LogP) is 5.64. The molecule has 0 spiro atoms. The number of anilines is 2. The molecule has 0 bridgehead atoms. The van der Waals surface area contributed by atoms with Crippen LogP contribution in [0.4, 0.5) is 11.4 Å². The molecule has 0 fully saturated rings. The summed E-state index contributed by atoms with van der Waals surface area (Å²) in [7, 11) is 3.96. The predicted molar refractivity (Wildman–Crippen MR) is 159 cm³/mol. The Morgan fingerprint density at radius 2 is 1.69 bits per heavy atom. The molecule has 2 aromatic carbocycles. The van der Waals surface area contributed by atoms with Gasteiger partial charge in [0.05, 0.1) is 5.75 Å². The first-order valence-corrected chi connectivity index (χ1v) is 14.3. The highest BCUT2D eigenvalue weighted by Gasteiger charge is 2.36. The molecular weight excluding hydrogens is 506 g/mol. The number of nitrogens with zero attached hydrogens (tertiary/aromatic N) is 4. The molecule has 8 heteroatoms. The molecule has 39 heavy (non-hydrogen) atoms. The molecule has 1 aliphatic carbocycles. The van der Waals surface area contributed by atoms with Gasteiger partial charge in [-0.1, -0.05) is 54.2 Å². The zero-order chi connectivity index (χ0) is 27.8. The largest absolute Gasteiger partial charge is 0.378 e. The number of aryl methyl sites for hydroxylation is 2. The van der Waals surface area contributed by atoms with E-state index in [1.165, 1.54) is 11.8 Å². The van der Waals surface area contributed by atoms with E-state index in [4.69, 9.17) is 0 Å². The second-order valence-electron chi connectivity index (χ2n) is 10.1. The van der Waals surface area contributed by atoms with Crippen molar-refractivity contribution in [2.75, 3.05) is 30.1 Å². The van der Waals surface area contributed by atoms with E-state index in [1.807, 2.05) is 93.5 Å². The van der Waals surface area contributed by atoms with Crippen LogP contribution in [-0.2, 0) is 16.1 Å². The van der Waals surface area contributed by atoms with Crippen molar-refractivity contribution in [1.82, 2.24) is 14.9 Å². The van der Waals surface area contributed by atoms with Gasteiger partial charge in [0, 0.05) is 43.4 Å². The number of nitrogens with one attached hydrogen (secondary N) is 1. The van der Waals surface area contributed by atoms with Gasteiger partial charge in [0.25, 0.3) is 0 Å². The normalized spacial score (nSPS) is 15.4. The monoisotopic (exact) mass is 543 g/mol. The van der Waals surface area contributed by atoms with Crippen LogP contribution in [0.3, 0.4) is 0 Å². The number of benzene rings is 2.